The minimum absolute atomic E-state index is 0.135. The molecule has 1 aliphatic rings. The number of ether oxygens (including phenoxy) is 1. The first kappa shape index (κ1) is 16.7. The number of hydrogen-bond acceptors (Lipinski definition) is 8. The van der Waals surface area contributed by atoms with Gasteiger partial charge >= 0.3 is 0 Å². The number of sulfone groups is 1. The Morgan fingerprint density at radius 2 is 2.21 bits per heavy atom. The number of anilines is 2. The molecule has 9 nitrogen and oxygen atoms in total. The Bertz CT molecular complexity index is 835. The van der Waals surface area contributed by atoms with Gasteiger partial charge in [0.05, 0.1) is 30.7 Å². The quantitative estimate of drug-likeness (QED) is 0.818. The Hall–Kier alpha value is -2.20. The SMILES string of the molecule is CC1COCCN1c1cc(CS(C)(=O)=O)nc(-n2ccc(N)n2)n1. The number of aromatic nitrogens is 4. The predicted molar refractivity (Wildman–Crippen MR) is 89.7 cm³/mol. The first-order chi connectivity index (χ1) is 11.3. The molecule has 1 aliphatic heterocycles. The van der Waals surface area contributed by atoms with E-state index in [2.05, 4.69) is 20.0 Å². The van der Waals surface area contributed by atoms with Crippen LogP contribution in [-0.2, 0) is 20.3 Å². The third kappa shape index (κ3) is 3.82. The second kappa shape index (κ2) is 6.36. The standard InChI is InChI=1S/C14H20N6O3S/c1-10-8-23-6-5-19(10)13-7-11(9-24(2,21)22)16-14(17-13)20-4-3-12(15)18-20/h3-4,7,10H,5-6,8-9H2,1-2H3,(H2,15,18). The van der Waals surface area contributed by atoms with Crippen LogP contribution in [0.2, 0.25) is 0 Å². The summed E-state index contributed by atoms with van der Waals surface area (Å²) in [6, 6.07) is 3.47. The number of hydrogen-bond donors (Lipinski definition) is 1. The van der Waals surface area contributed by atoms with E-state index >= 15 is 0 Å². The molecule has 0 amide bonds. The minimum Gasteiger partial charge on any atom is -0.382 e. The zero-order valence-corrected chi connectivity index (χ0v) is 14.4. The van der Waals surface area contributed by atoms with Crippen LogP contribution in [-0.4, -0.2) is 60.2 Å². The van der Waals surface area contributed by atoms with Crippen LogP contribution in [0.15, 0.2) is 18.3 Å². The highest BCUT2D eigenvalue weighted by atomic mass is 32.2. The van der Waals surface area contributed by atoms with Crippen molar-refractivity contribution in [3.8, 4) is 5.95 Å². The van der Waals surface area contributed by atoms with Crippen molar-refractivity contribution in [1.82, 2.24) is 19.7 Å². The van der Waals surface area contributed by atoms with E-state index in [1.54, 1.807) is 18.3 Å². The van der Waals surface area contributed by atoms with Crippen molar-refractivity contribution in [1.29, 1.82) is 0 Å². The highest BCUT2D eigenvalue weighted by molar-refractivity contribution is 7.89. The molecule has 130 valence electrons. The van der Waals surface area contributed by atoms with Gasteiger partial charge in [0.2, 0.25) is 0 Å². The Balaban J connectivity index is 2.05. The summed E-state index contributed by atoms with van der Waals surface area (Å²) < 4.78 is 30.2. The van der Waals surface area contributed by atoms with Gasteiger partial charge in [0.15, 0.2) is 9.84 Å². The van der Waals surface area contributed by atoms with Crippen molar-refractivity contribution in [3.63, 3.8) is 0 Å². The molecule has 0 aromatic carbocycles. The topological polar surface area (TPSA) is 116 Å². The lowest BCUT2D eigenvalue weighted by Crippen LogP contribution is -2.44. The fourth-order valence-corrected chi connectivity index (χ4v) is 3.26. The molecule has 1 atom stereocenters. The summed E-state index contributed by atoms with van der Waals surface area (Å²) in [7, 11) is -3.22. The van der Waals surface area contributed by atoms with Gasteiger partial charge < -0.3 is 15.4 Å². The fourth-order valence-electron chi connectivity index (χ4n) is 2.58. The van der Waals surface area contributed by atoms with Crippen LogP contribution in [0.25, 0.3) is 5.95 Å². The van der Waals surface area contributed by atoms with Crippen LogP contribution in [0.1, 0.15) is 12.6 Å². The van der Waals surface area contributed by atoms with Crippen LogP contribution < -0.4 is 10.6 Å². The van der Waals surface area contributed by atoms with E-state index in [0.717, 1.165) is 0 Å². The molecule has 2 N–H and O–H groups in total. The normalized spacial score (nSPS) is 18.8. The van der Waals surface area contributed by atoms with Crippen molar-refractivity contribution in [2.75, 3.05) is 36.6 Å². The molecular formula is C14H20N6O3S. The Morgan fingerprint density at radius 3 is 2.83 bits per heavy atom. The summed E-state index contributed by atoms with van der Waals surface area (Å²) in [5.41, 5.74) is 6.07. The number of rotatable bonds is 4. The molecule has 1 unspecified atom stereocenters. The van der Waals surface area contributed by atoms with Gasteiger partial charge in [0.25, 0.3) is 5.95 Å². The number of nitrogens with zero attached hydrogens (tertiary/aromatic N) is 5. The van der Waals surface area contributed by atoms with E-state index in [-0.39, 0.29) is 11.8 Å². The van der Waals surface area contributed by atoms with Gasteiger partial charge in [-0.05, 0) is 6.92 Å². The smallest absolute Gasteiger partial charge is 0.252 e. The predicted octanol–water partition coefficient (Wildman–Crippen LogP) is 0.0142. The van der Waals surface area contributed by atoms with E-state index in [9.17, 15) is 8.42 Å². The second-order valence-electron chi connectivity index (χ2n) is 5.89. The van der Waals surface area contributed by atoms with Crippen LogP contribution in [0.3, 0.4) is 0 Å². The molecule has 0 spiro atoms. The monoisotopic (exact) mass is 352 g/mol. The fraction of sp³-hybridized carbons (Fsp3) is 0.500. The van der Waals surface area contributed by atoms with E-state index < -0.39 is 9.84 Å². The largest absolute Gasteiger partial charge is 0.382 e. The van der Waals surface area contributed by atoms with Crippen molar-refractivity contribution in [2.24, 2.45) is 0 Å². The summed E-state index contributed by atoms with van der Waals surface area (Å²) in [5, 5.41) is 4.10. The van der Waals surface area contributed by atoms with Crippen LogP contribution in [0.5, 0.6) is 0 Å². The average molecular weight is 352 g/mol. The van der Waals surface area contributed by atoms with Crippen molar-refractivity contribution in [2.45, 2.75) is 18.7 Å². The summed E-state index contributed by atoms with van der Waals surface area (Å²) in [4.78, 5) is 10.9. The van der Waals surface area contributed by atoms with Gasteiger partial charge in [-0.1, -0.05) is 0 Å². The Kier molecular flexibility index (Phi) is 4.41. The lowest BCUT2D eigenvalue weighted by Gasteiger charge is -2.34. The van der Waals surface area contributed by atoms with E-state index in [4.69, 9.17) is 10.5 Å². The zero-order chi connectivity index (χ0) is 17.3. The number of morpholine rings is 1. The maximum atomic E-state index is 11.7. The zero-order valence-electron chi connectivity index (χ0n) is 13.6. The average Bonchev–Trinajstić information content (AvgIpc) is 2.92. The molecule has 2 aromatic heterocycles. The van der Waals surface area contributed by atoms with Gasteiger partial charge in [-0.3, -0.25) is 0 Å². The van der Waals surface area contributed by atoms with Crippen molar-refractivity contribution < 1.29 is 13.2 Å². The van der Waals surface area contributed by atoms with Gasteiger partial charge in [0, 0.05) is 31.1 Å². The molecule has 0 bridgehead atoms. The highest BCUT2D eigenvalue weighted by Crippen LogP contribution is 2.20. The molecule has 0 aliphatic carbocycles. The molecule has 1 fully saturated rings. The van der Waals surface area contributed by atoms with Crippen molar-refractivity contribution >= 4 is 21.5 Å². The summed E-state index contributed by atoms with van der Waals surface area (Å²) >= 11 is 0. The molecule has 3 heterocycles. The molecule has 2 aromatic rings. The van der Waals surface area contributed by atoms with Crippen LogP contribution in [0.4, 0.5) is 11.6 Å². The molecule has 0 saturated carbocycles. The molecule has 10 heteroatoms. The first-order valence-electron chi connectivity index (χ1n) is 7.53. The lowest BCUT2D eigenvalue weighted by molar-refractivity contribution is 0.0985. The Labute approximate surface area is 140 Å². The molecule has 3 rings (SSSR count). The molecular weight excluding hydrogens is 332 g/mol. The lowest BCUT2D eigenvalue weighted by atomic mass is 10.2. The third-order valence-corrected chi connectivity index (χ3v) is 4.46. The highest BCUT2D eigenvalue weighted by Gasteiger charge is 2.22. The number of nitrogen functional groups attached to an aromatic ring is 1. The first-order valence-corrected chi connectivity index (χ1v) is 9.59. The third-order valence-electron chi connectivity index (χ3n) is 3.64. The summed E-state index contributed by atoms with van der Waals surface area (Å²) in [5.74, 6) is 1.13. The van der Waals surface area contributed by atoms with Crippen LogP contribution in [0, 0.1) is 0 Å². The van der Waals surface area contributed by atoms with Crippen molar-refractivity contribution in [3.05, 3.63) is 24.0 Å². The summed E-state index contributed by atoms with van der Waals surface area (Å²) in [6.45, 7) is 3.90. The maximum Gasteiger partial charge on any atom is 0.252 e. The second-order valence-corrected chi connectivity index (χ2v) is 8.03. The Morgan fingerprint density at radius 1 is 1.42 bits per heavy atom. The summed E-state index contributed by atoms with van der Waals surface area (Å²) in [6.07, 6.45) is 2.82. The molecule has 0 radical (unpaired) electrons. The number of nitrogens with two attached hydrogens (primary N) is 1. The van der Waals surface area contributed by atoms with Gasteiger partial charge in [0.1, 0.15) is 11.6 Å². The van der Waals surface area contributed by atoms with E-state index in [0.29, 0.717) is 43.0 Å². The molecule has 1 saturated heterocycles. The van der Waals surface area contributed by atoms with Crippen LogP contribution >= 0.6 is 0 Å². The van der Waals surface area contributed by atoms with E-state index in [1.165, 1.54) is 10.9 Å². The van der Waals surface area contributed by atoms with E-state index in [1.807, 2.05) is 6.92 Å². The minimum atomic E-state index is -3.22. The van der Waals surface area contributed by atoms with Gasteiger partial charge in [-0.15, -0.1) is 5.10 Å². The maximum absolute atomic E-state index is 11.7. The molecule has 24 heavy (non-hydrogen) atoms. The van der Waals surface area contributed by atoms with Gasteiger partial charge in [-0.25, -0.2) is 18.1 Å². The van der Waals surface area contributed by atoms with Gasteiger partial charge in [-0.2, -0.15) is 4.98 Å².